The summed E-state index contributed by atoms with van der Waals surface area (Å²) < 4.78 is 21.2. The Hall–Kier alpha value is -4.94. The topological polar surface area (TPSA) is 110 Å². The monoisotopic (exact) mass is 627 g/mol. The van der Waals surface area contributed by atoms with E-state index in [2.05, 4.69) is 9.80 Å². The summed E-state index contributed by atoms with van der Waals surface area (Å²) in [4.78, 5) is 48.6. The minimum Gasteiger partial charge on any atom is -0.463 e. The van der Waals surface area contributed by atoms with E-state index >= 15 is 0 Å². The second-order valence-electron chi connectivity index (χ2n) is 10.8. The molecule has 0 saturated carbocycles. The lowest BCUT2D eigenvalue weighted by Gasteiger charge is -2.34. The van der Waals surface area contributed by atoms with Crippen molar-refractivity contribution in [3.63, 3.8) is 0 Å². The lowest BCUT2D eigenvalue weighted by Crippen LogP contribution is -2.44. The van der Waals surface area contributed by atoms with Crippen LogP contribution in [-0.2, 0) is 9.53 Å². The first-order valence-corrected chi connectivity index (χ1v) is 15.3. The van der Waals surface area contributed by atoms with Crippen LogP contribution in [-0.4, -0.2) is 60.2 Å². The number of anilines is 1. The molecule has 0 bridgehead atoms. The molecule has 2 aliphatic heterocycles. The Kier molecular flexibility index (Phi) is 8.42. The number of carbonyl (C=O) groups excluding carboxylic acids is 1. The number of piperazine rings is 1. The van der Waals surface area contributed by atoms with Crippen LogP contribution in [0.4, 0.5) is 15.8 Å². The molecule has 2 aliphatic rings. The molecule has 1 unspecified atom stereocenters. The van der Waals surface area contributed by atoms with E-state index < -0.39 is 28.3 Å². The fourth-order valence-corrected chi connectivity index (χ4v) is 6.64. The van der Waals surface area contributed by atoms with E-state index in [-0.39, 0.29) is 22.4 Å². The molecular weight excluding hydrogens is 597 g/mol. The number of carbonyl (C=O) groups is 1. The highest BCUT2D eigenvalue weighted by molar-refractivity contribution is 7.07. The Morgan fingerprint density at radius 3 is 2.47 bits per heavy atom. The van der Waals surface area contributed by atoms with Gasteiger partial charge in [0.05, 0.1) is 33.4 Å². The third-order valence-electron chi connectivity index (χ3n) is 7.91. The molecule has 230 valence electrons. The zero-order valence-electron chi connectivity index (χ0n) is 24.7. The molecule has 1 aromatic heterocycles. The van der Waals surface area contributed by atoms with Gasteiger partial charge in [-0.1, -0.05) is 53.8 Å². The van der Waals surface area contributed by atoms with E-state index in [1.807, 2.05) is 37.4 Å². The number of aromatic nitrogens is 1. The Balaban J connectivity index is 1.60. The number of thiazole rings is 1. The number of nitro groups is 1. The summed E-state index contributed by atoms with van der Waals surface area (Å²) in [5.74, 6) is -1.10. The maximum Gasteiger partial charge on any atom is 0.338 e. The highest BCUT2D eigenvalue weighted by atomic mass is 32.1. The van der Waals surface area contributed by atoms with Gasteiger partial charge in [-0.25, -0.2) is 14.2 Å². The van der Waals surface area contributed by atoms with Crippen molar-refractivity contribution < 1.29 is 18.8 Å². The summed E-state index contributed by atoms with van der Waals surface area (Å²) in [5, 5.41) is 11.7. The average Bonchev–Trinajstić information content (AvgIpc) is 3.35. The summed E-state index contributed by atoms with van der Waals surface area (Å²) in [7, 11) is 2.04. The molecule has 3 heterocycles. The van der Waals surface area contributed by atoms with Gasteiger partial charge in [0, 0.05) is 55.1 Å². The van der Waals surface area contributed by atoms with Crippen molar-refractivity contribution in [2.75, 3.05) is 44.7 Å². The van der Waals surface area contributed by atoms with Crippen LogP contribution >= 0.6 is 11.3 Å². The molecule has 45 heavy (non-hydrogen) atoms. The van der Waals surface area contributed by atoms with Crippen LogP contribution in [0.3, 0.4) is 0 Å². The molecule has 12 heteroatoms. The van der Waals surface area contributed by atoms with E-state index in [4.69, 9.17) is 9.73 Å². The third-order valence-corrected chi connectivity index (χ3v) is 8.89. The van der Waals surface area contributed by atoms with Crippen LogP contribution in [0.2, 0.25) is 0 Å². The summed E-state index contributed by atoms with van der Waals surface area (Å²) in [6.07, 6.45) is 1.66. The van der Waals surface area contributed by atoms with Gasteiger partial charge in [-0.2, -0.15) is 0 Å². The van der Waals surface area contributed by atoms with Gasteiger partial charge in [-0.3, -0.25) is 19.5 Å². The van der Waals surface area contributed by atoms with Crippen molar-refractivity contribution in [3.05, 3.63) is 131 Å². The largest absolute Gasteiger partial charge is 0.463 e. The number of esters is 1. The standard InChI is InChI=1S/C33H30FN5O5S/c1-3-44-32(41)28-29(21-7-5-4-6-8-21)35-33-38(30(28)22-9-11-24(34)12-10-22)31(40)27(45-33)20-23-19-25(39(42)43)13-14-26(23)37-17-15-36(2)16-18-37/h4-14,19-20,30H,3,15-18H2,1-2H3/b27-20+. The first kappa shape index (κ1) is 30.1. The van der Waals surface area contributed by atoms with Crippen LogP contribution in [0.15, 0.2) is 88.2 Å². The van der Waals surface area contributed by atoms with Crippen molar-refractivity contribution >= 4 is 40.5 Å². The van der Waals surface area contributed by atoms with E-state index in [0.29, 0.717) is 27.2 Å². The van der Waals surface area contributed by atoms with Gasteiger partial charge in [-0.05, 0) is 43.8 Å². The quantitative estimate of drug-likeness (QED) is 0.175. The van der Waals surface area contributed by atoms with Gasteiger partial charge < -0.3 is 14.5 Å². The van der Waals surface area contributed by atoms with Crippen LogP contribution in [0.1, 0.15) is 29.7 Å². The Labute approximate surface area is 261 Å². The number of likely N-dealkylation sites (N-methyl/N-ethyl adjacent to an activating group) is 1. The molecule has 0 N–H and O–H groups in total. The van der Waals surface area contributed by atoms with Gasteiger partial charge in [-0.15, -0.1) is 0 Å². The zero-order valence-corrected chi connectivity index (χ0v) is 25.5. The van der Waals surface area contributed by atoms with Gasteiger partial charge in [0.15, 0.2) is 4.80 Å². The van der Waals surface area contributed by atoms with Crippen LogP contribution in [0.5, 0.6) is 0 Å². The van der Waals surface area contributed by atoms with Crippen molar-refractivity contribution in [3.8, 4) is 0 Å². The molecule has 0 radical (unpaired) electrons. The Morgan fingerprint density at radius 2 is 1.80 bits per heavy atom. The number of hydrogen-bond donors (Lipinski definition) is 0. The molecule has 0 aliphatic carbocycles. The first-order valence-electron chi connectivity index (χ1n) is 14.5. The molecule has 1 fully saturated rings. The summed E-state index contributed by atoms with van der Waals surface area (Å²) >= 11 is 1.13. The molecule has 6 rings (SSSR count). The SMILES string of the molecule is CCOC(=O)C1=C(c2ccccc2)N=c2s/c(=C/c3cc([N+](=O)[O-])ccc3N3CCN(C)CC3)c(=O)n2C1c1ccc(F)cc1. The fraction of sp³-hybridized carbons (Fsp3) is 0.242. The molecule has 1 atom stereocenters. The number of nitrogens with zero attached hydrogens (tertiary/aromatic N) is 5. The van der Waals surface area contributed by atoms with Gasteiger partial charge in [0.2, 0.25) is 0 Å². The van der Waals surface area contributed by atoms with Gasteiger partial charge >= 0.3 is 5.97 Å². The number of non-ortho nitro benzene ring substituents is 1. The lowest BCUT2D eigenvalue weighted by molar-refractivity contribution is -0.384. The van der Waals surface area contributed by atoms with E-state index in [1.165, 1.54) is 41.0 Å². The second-order valence-corrected chi connectivity index (χ2v) is 11.8. The Morgan fingerprint density at radius 1 is 1.09 bits per heavy atom. The normalized spacial score (nSPS) is 17.2. The number of hydrogen-bond acceptors (Lipinski definition) is 9. The first-order chi connectivity index (χ1) is 21.7. The summed E-state index contributed by atoms with van der Waals surface area (Å²) in [6.45, 7) is 4.91. The number of halogens is 1. The second kappa shape index (κ2) is 12.6. The van der Waals surface area contributed by atoms with Crippen molar-refractivity contribution in [2.24, 2.45) is 4.99 Å². The average molecular weight is 628 g/mol. The molecule has 1 saturated heterocycles. The highest BCUT2D eigenvalue weighted by Gasteiger charge is 2.35. The maximum atomic E-state index is 14.3. The maximum absolute atomic E-state index is 14.3. The fourth-order valence-electron chi connectivity index (χ4n) is 5.65. The third kappa shape index (κ3) is 5.94. The van der Waals surface area contributed by atoms with E-state index in [1.54, 1.807) is 19.1 Å². The molecule has 3 aromatic carbocycles. The number of rotatable bonds is 7. The van der Waals surface area contributed by atoms with Gasteiger partial charge in [0.25, 0.3) is 11.2 Å². The van der Waals surface area contributed by atoms with Gasteiger partial charge in [0.1, 0.15) is 5.82 Å². The number of benzene rings is 3. The minimum atomic E-state index is -0.958. The highest BCUT2D eigenvalue weighted by Crippen LogP contribution is 2.35. The summed E-state index contributed by atoms with van der Waals surface area (Å²) in [5.41, 5.74) is 2.46. The molecular formula is C33H30FN5O5S. The number of nitro benzene ring substituents is 1. The molecule has 0 spiro atoms. The van der Waals surface area contributed by atoms with Crippen LogP contribution < -0.4 is 19.8 Å². The lowest BCUT2D eigenvalue weighted by atomic mass is 9.93. The molecule has 10 nitrogen and oxygen atoms in total. The van der Waals surface area contributed by atoms with Crippen molar-refractivity contribution in [2.45, 2.75) is 13.0 Å². The number of fused-ring (bicyclic) bond motifs is 1. The van der Waals surface area contributed by atoms with Crippen molar-refractivity contribution in [1.29, 1.82) is 0 Å². The minimum absolute atomic E-state index is 0.0907. The number of ether oxygens (including phenoxy) is 1. The van der Waals surface area contributed by atoms with Crippen LogP contribution in [0, 0.1) is 15.9 Å². The molecule has 4 aromatic rings. The molecule has 0 amide bonds. The van der Waals surface area contributed by atoms with Crippen molar-refractivity contribution in [1.82, 2.24) is 9.47 Å². The predicted octanol–water partition coefficient (Wildman–Crippen LogP) is 3.73. The van der Waals surface area contributed by atoms with E-state index in [0.717, 1.165) is 43.2 Å². The Bertz CT molecular complexity index is 1980. The van der Waals surface area contributed by atoms with Crippen LogP contribution in [0.25, 0.3) is 11.8 Å². The predicted molar refractivity (Wildman–Crippen MR) is 170 cm³/mol. The zero-order chi connectivity index (χ0) is 31.7. The summed E-state index contributed by atoms with van der Waals surface area (Å²) in [6, 6.07) is 18.5. The van der Waals surface area contributed by atoms with E-state index in [9.17, 15) is 24.1 Å². The smallest absolute Gasteiger partial charge is 0.338 e.